The third-order valence-corrected chi connectivity index (χ3v) is 6.22. The number of amides is 1. The summed E-state index contributed by atoms with van der Waals surface area (Å²) in [5.74, 6) is -0.650. The highest BCUT2D eigenvalue weighted by atomic mass is 32.2. The van der Waals surface area contributed by atoms with E-state index in [1.54, 1.807) is 39.1 Å². The fraction of sp³-hybridized carbons (Fsp3) is 0.316. The molecule has 0 bridgehead atoms. The molecule has 2 aromatic carbocycles. The van der Waals surface area contributed by atoms with Crippen LogP contribution < -0.4 is 4.72 Å². The Hall–Kier alpha value is -2.25. The maximum absolute atomic E-state index is 13.1. The van der Waals surface area contributed by atoms with Gasteiger partial charge in [0.25, 0.3) is 5.91 Å². The average Bonchev–Trinajstić information content (AvgIpc) is 2.62. The van der Waals surface area contributed by atoms with Gasteiger partial charge in [-0.3, -0.25) is 4.79 Å². The summed E-state index contributed by atoms with van der Waals surface area (Å²) in [7, 11) is -0.701. The Bertz CT molecular complexity index is 925. The first-order valence-corrected chi connectivity index (χ1v) is 9.64. The molecule has 0 radical (unpaired) electrons. The van der Waals surface area contributed by atoms with Gasteiger partial charge in [-0.2, -0.15) is 0 Å². The van der Waals surface area contributed by atoms with Gasteiger partial charge in [-0.1, -0.05) is 12.1 Å². The number of halogens is 1. The van der Waals surface area contributed by atoms with Crippen molar-refractivity contribution in [2.24, 2.45) is 0 Å². The monoisotopic (exact) mass is 378 g/mol. The van der Waals surface area contributed by atoms with E-state index < -0.39 is 10.0 Å². The van der Waals surface area contributed by atoms with E-state index in [2.05, 4.69) is 4.72 Å². The molecular formula is C19H23FN2O3S. The van der Waals surface area contributed by atoms with Crippen LogP contribution in [0.5, 0.6) is 0 Å². The molecule has 2 rings (SSSR count). The molecule has 26 heavy (non-hydrogen) atoms. The molecule has 1 amide bonds. The van der Waals surface area contributed by atoms with Crippen LogP contribution in [0, 0.1) is 19.7 Å². The molecule has 0 aromatic heterocycles. The molecule has 0 spiro atoms. The van der Waals surface area contributed by atoms with E-state index in [4.69, 9.17) is 0 Å². The standard InChI is InChI=1S/C19H23FN2O3S/c1-12-10-16(11-18(13(12)2)26(24,25)21-4)19(23)22(5)14(3)15-6-8-17(20)9-7-15/h6-11,14,21H,1-5H3. The quantitative estimate of drug-likeness (QED) is 0.869. The minimum Gasteiger partial charge on any atom is -0.335 e. The molecule has 0 fully saturated rings. The molecule has 0 aliphatic carbocycles. The predicted molar refractivity (Wildman–Crippen MR) is 99.1 cm³/mol. The van der Waals surface area contributed by atoms with Crippen LogP contribution in [-0.4, -0.2) is 33.3 Å². The highest BCUT2D eigenvalue weighted by Gasteiger charge is 2.23. The smallest absolute Gasteiger partial charge is 0.254 e. The van der Waals surface area contributed by atoms with E-state index in [1.807, 2.05) is 6.92 Å². The first kappa shape index (κ1) is 20.1. The van der Waals surface area contributed by atoms with E-state index in [0.717, 1.165) is 5.56 Å². The zero-order chi connectivity index (χ0) is 19.6. The molecule has 1 unspecified atom stereocenters. The van der Waals surface area contributed by atoms with Crippen molar-refractivity contribution in [3.63, 3.8) is 0 Å². The minimum atomic E-state index is -3.67. The molecule has 0 saturated heterocycles. The third-order valence-electron chi connectivity index (χ3n) is 4.68. The zero-order valence-electron chi connectivity index (χ0n) is 15.5. The van der Waals surface area contributed by atoms with E-state index in [0.29, 0.717) is 16.7 Å². The molecule has 5 nitrogen and oxygen atoms in total. The minimum absolute atomic E-state index is 0.0891. The molecule has 0 saturated carbocycles. The summed E-state index contributed by atoms with van der Waals surface area (Å²) < 4.78 is 39.9. The largest absolute Gasteiger partial charge is 0.335 e. The van der Waals surface area contributed by atoms with E-state index in [-0.39, 0.29) is 22.7 Å². The number of aryl methyl sites for hydroxylation is 1. The zero-order valence-corrected chi connectivity index (χ0v) is 16.3. The Balaban J connectivity index is 2.41. The summed E-state index contributed by atoms with van der Waals surface area (Å²) in [6.07, 6.45) is 0. The summed E-state index contributed by atoms with van der Waals surface area (Å²) in [6, 6.07) is 8.72. The summed E-state index contributed by atoms with van der Waals surface area (Å²) in [4.78, 5) is 14.5. The Morgan fingerprint density at radius 1 is 1.15 bits per heavy atom. The lowest BCUT2D eigenvalue weighted by molar-refractivity contribution is 0.0742. The second kappa shape index (κ2) is 7.55. The number of nitrogens with one attached hydrogen (secondary N) is 1. The SMILES string of the molecule is CNS(=O)(=O)c1cc(C(=O)N(C)C(C)c2ccc(F)cc2)cc(C)c1C. The van der Waals surface area contributed by atoms with E-state index >= 15 is 0 Å². The Kier molecular flexibility index (Phi) is 5.83. The second-order valence-electron chi connectivity index (χ2n) is 6.27. The molecule has 140 valence electrons. The van der Waals surface area contributed by atoms with Crippen LogP contribution >= 0.6 is 0 Å². The van der Waals surface area contributed by atoms with Gasteiger partial charge in [0.1, 0.15) is 5.82 Å². The number of hydrogen-bond donors (Lipinski definition) is 1. The maximum Gasteiger partial charge on any atom is 0.254 e. The van der Waals surface area contributed by atoms with Crippen LogP contribution in [0.3, 0.4) is 0 Å². The van der Waals surface area contributed by atoms with Crippen molar-refractivity contribution in [3.05, 3.63) is 64.5 Å². The van der Waals surface area contributed by atoms with Gasteiger partial charge < -0.3 is 4.90 Å². The molecule has 0 heterocycles. The maximum atomic E-state index is 13.1. The van der Waals surface area contributed by atoms with Crippen molar-refractivity contribution >= 4 is 15.9 Å². The molecular weight excluding hydrogens is 355 g/mol. The average molecular weight is 378 g/mol. The normalized spacial score (nSPS) is 12.7. The van der Waals surface area contributed by atoms with Gasteiger partial charge in [-0.15, -0.1) is 0 Å². The fourth-order valence-corrected chi connectivity index (χ4v) is 3.75. The molecule has 1 atom stereocenters. The summed E-state index contributed by atoms with van der Waals surface area (Å²) in [6.45, 7) is 5.31. The van der Waals surface area contributed by atoms with Crippen molar-refractivity contribution in [1.29, 1.82) is 0 Å². The first-order chi connectivity index (χ1) is 12.1. The topological polar surface area (TPSA) is 66.5 Å². The molecule has 0 aliphatic rings. The highest BCUT2D eigenvalue weighted by molar-refractivity contribution is 7.89. The number of sulfonamides is 1. The first-order valence-electron chi connectivity index (χ1n) is 8.16. The van der Waals surface area contributed by atoms with Crippen molar-refractivity contribution in [2.75, 3.05) is 14.1 Å². The number of hydrogen-bond acceptors (Lipinski definition) is 3. The number of nitrogens with zero attached hydrogens (tertiary/aromatic N) is 1. The van der Waals surface area contributed by atoms with Gasteiger partial charge in [-0.25, -0.2) is 17.5 Å². The van der Waals surface area contributed by atoms with Crippen LogP contribution in [0.25, 0.3) is 0 Å². The van der Waals surface area contributed by atoms with Crippen LogP contribution in [0.2, 0.25) is 0 Å². The van der Waals surface area contributed by atoms with Crippen LogP contribution in [0.15, 0.2) is 41.3 Å². The van der Waals surface area contributed by atoms with Gasteiger partial charge in [0.15, 0.2) is 0 Å². The van der Waals surface area contributed by atoms with Crippen LogP contribution in [0.1, 0.15) is 40.0 Å². The van der Waals surface area contributed by atoms with E-state index in [9.17, 15) is 17.6 Å². The highest BCUT2D eigenvalue weighted by Crippen LogP contribution is 2.25. The lowest BCUT2D eigenvalue weighted by Gasteiger charge is -2.26. The van der Waals surface area contributed by atoms with Crippen molar-refractivity contribution in [3.8, 4) is 0 Å². The summed E-state index contributed by atoms with van der Waals surface area (Å²) >= 11 is 0. The number of carbonyl (C=O) groups excluding carboxylic acids is 1. The van der Waals surface area contributed by atoms with Gasteiger partial charge >= 0.3 is 0 Å². The van der Waals surface area contributed by atoms with Gasteiger partial charge in [0.05, 0.1) is 10.9 Å². The van der Waals surface area contributed by atoms with E-state index in [1.165, 1.54) is 30.1 Å². The van der Waals surface area contributed by atoms with Gasteiger partial charge in [-0.05, 0) is 68.8 Å². The summed E-state index contributed by atoms with van der Waals surface area (Å²) in [5, 5.41) is 0. The summed E-state index contributed by atoms with van der Waals surface area (Å²) in [5.41, 5.74) is 2.39. The van der Waals surface area contributed by atoms with Gasteiger partial charge in [0.2, 0.25) is 10.0 Å². The third kappa shape index (κ3) is 3.94. The van der Waals surface area contributed by atoms with Crippen LogP contribution in [-0.2, 0) is 10.0 Å². The molecule has 0 aliphatic heterocycles. The number of rotatable bonds is 5. The molecule has 1 N–H and O–H groups in total. The Labute approximate surface area is 153 Å². The van der Waals surface area contributed by atoms with Gasteiger partial charge in [0, 0.05) is 12.6 Å². The lowest BCUT2D eigenvalue weighted by Crippen LogP contribution is -2.30. The Morgan fingerprint density at radius 3 is 2.27 bits per heavy atom. The predicted octanol–water partition coefficient (Wildman–Crippen LogP) is 3.18. The number of carbonyl (C=O) groups is 1. The fourth-order valence-electron chi connectivity index (χ4n) is 2.68. The Morgan fingerprint density at radius 2 is 1.73 bits per heavy atom. The lowest BCUT2D eigenvalue weighted by atomic mass is 10.0. The van der Waals surface area contributed by atoms with Crippen molar-refractivity contribution in [2.45, 2.75) is 31.7 Å². The van der Waals surface area contributed by atoms with Crippen LogP contribution in [0.4, 0.5) is 4.39 Å². The number of benzene rings is 2. The molecule has 7 heteroatoms. The van der Waals surface area contributed by atoms with Crippen molar-refractivity contribution in [1.82, 2.24) is 9.62 Å². The van der Waals surface area contributed by atoms with Crippen molar-refractivity contribution < 1.29 is 17.6 Å². The molecule has 2 aromatic rings. The second-order valence-corrected chi connectivity index (χ2v) is 8.12.